The van der Waals surface area contributed by atoms with E-state index in [2.05, 4.69) is 0 Å². The predicted molar refractivity (Wildman–Crippen MR) is 118 cm³/mol. The Balaban J connectivity index is 1.45. The molecule has 0 spiro atoms. The van der Waals surface area contributed by atoms with Gasteiger partial charge in [-0.3, -0.25) is 23.6 Å². The Kier molecular flexibility index (Phi) is 6.03. The normalized spacial score (nSPS) is 17.2. The van der Waals surface area contributed by atoms with E-state index in [1.54, 1.807) is 11.0 Å². The first-order valence-electron chi connectivity index (χ1n) is 10.3. The third-order valence-electron chi connectivity index (χ3n) is 5.84. The summed E-state index contributed by atoms with van der Waals surface area (Å²) in [6.45, 7) is 1.58. The number of benzene rings is 1. The average Bonchev–Trinajstić information content (AvgIpc) is 2.81. The van der Waals surface area contributed by atoms with Crippen molar-refractivity contribution < 1.29 is 22.7 Å². The molecule has 2 N–H and O–H groups in total. The van der Waals surface area contributed by atoms with Gasteiger partial charge in [0.2, 0.25) is 10.0 Å². The molecule has 0 radical (unpaired) electrons. The highest BCUT2D eigenvalue weighted by molar-refractivity contribution is 7.89. The van der Waals surface area contributed by atoms with E-state index >= 15 is 0 Å². The molecule has 4 rings (SSSR count). The fourth-order valence-corrected chi connectivity index (χ4v) is 5.30. The lowest BCUT2D eigenvalue weighted by atomic mass is 10.1. The molecule has 33 heavy (non-hydrogen) atoms. The van der Waals surface area contributed by atoms with Crippen LogP contribution >= 0.6 is 0 Å². The van der Waals surface area contributed by atoms with Crippen LogP contribution in [0.15, 0.2) is 32.7 Å². The number of nitrogen functional groups attached to an aromatic ring is 1. The summed E-state index contributed by atoms with van der Waals surface area (Å²) in [5.74, 6) is 0.190. The number of piperazine rings is 1. The number of ketones is 1. The van der Waals surface area contributed by atoms with Crippen molar-refractivity contribution in [2.75, 3.05) is 51.7 Å². The van der Waals surface area contributed by atoms with Gasteiger partial charge in [-0.25, -0.2) is 13.2 Å². The molecule has 1 aromatic heterocycles. The number of carbonyl (C=O) groups is 1. The number of carbonyl (C=O) groups excluding carboxylic acids is 1. The second-order valence-corrected chi connectivity index (χ2v) is 9.81. The molecule has 0 unspecified atom stereocenters. The molecule has 2 aromatic rings. The monoisotopic (exact) mass is 479 g/mol. The number of rotatable bonds is 5. The predicted octanol–water partition coefficient (Wildman–Crippen LogP) is -1.37. The van der Waals surface area contributed by atoms with E-state index < -0.39 is 27.1 Å². The summed E-state index contributed by atoms with van der Waals surface area (Å²) in [5.41, 5.74) is 4.24. The van der Waals surface area contributed by atoms with E-state index in [0.29, 0.717) is 37.8 Å². The van der Waals surface area contributed by atoms with Crippen molar-refractivity contribution in [3.8, 4) is 11.5 Å². The summed E-state index contributed by atoms with van der Waals surface area (Å²) in [6.07, 6.45) is 0. The Bertz CT molecular complexity index is 1320. The zero-order valence-corrected chi connectivity index (χ0v) is 19.1. The first kappa shape index (κ1) is 23.0. The Labute approximate surface area is 189 Å². The van der Waals surface area contributed by atoms with Crippen molar-refractivity contribution in [3.63, 3.8) is 0 Å². The molecule has 178 valence electrons. The first-order chi connectivity index (χ1) is 15.6. The van der Waals surface area contributed by atoms with Gasteiger partial charge in [-0.05, 0) is 12.1 Å². The van der Waals surface area contributed by atoms with E-state index in [-0.39, 0.29) is 35.9 Å². The number of aromatic nitrogens is 2. The van der Waals surface area contributed by atoms with Gasteiger partial charge in [-0.1, -0.05) is 0 Å². The molecule has 1 aromatic carbocycles. The van der Waals surface area contributed by atoms with E-state index in [1.165, 1.54) is 30.5 Å². The highest BCUT2D eigenvalue weighted by atomic mass is 32.2. The number of fused-ring (bicyclic) bond motifs is 1. The molecule has 0 aliphatic carbocycles. The van der Waals surface area contributed by atoms with Crippen LogP contribution in [0, 0.1) is 0 Å². The molecule has 0 amide bonds. The van der Waals surface area contributed by atoms with E-state index in [9.17, 15) is 22.8 Å². The number of sulfonamides is 1. The minimum atomic E-state index is -3.75. The molecule has 1 saturated heterocycles. The maximum atomic E-state index is 13.1. The van der Waals surface area contributed by atoms with Gasteiger partial charge in [0.15, 0.2) is 17.3 Å². The van der Waals surface area contributed by atoms with E-state index in [4.69, 9.17) is 15.2 Å². The Morgan fingerprint density at radius 1 is 1.00 bits per heavy atom. The number of anilines is 1. The minimum absolute atomic E-state index is 0.109. The van der Waals surface area contributed by atoms with Crippen molar-refractivity contribution in [2.45, 2.75) is 4.90 Å². The van der Waals surface area contributed by atoms with Crippen LogP contribution in [0.4, 0.5) is 5.82 Å². The van der Waals surface area contributed by atoms with Crippen LogP contribution in [-0.2, 0) is 24.1 Å². The second-order valence-electron chi connectivity index (χ2n) is 7.87. The van der Waals surface area contributed by atoms with Crippen LogP contribution in [0.5, 0.6) is 11.5 Å². The fraction of sp³-hybridized carbons (Fsp3) is 0.450. The largest absolute Gasteiger partial charge is 0.486 e. The standard InChI is InChI=1S/C20H25N5O7S/c1-22-18(21)17(19(27)23(2)20(22)28)14(26)12-24-5-7-25(8-6-24)33(29,30)13-3-4-15-16(11-13)32-10-9-31-15/h3-4,11H,5-10,12,21H2,1-2H3. The van der Waals surface area contributed by atoms with Gasteiger partial charge in [0.25, 0.3) is 5.56 Å². The number of hydrogen-bond donors (Lipinski definition) is 1. The van der Waals surface area contributed by atoms with Gasteiger partial charge >= 0.3 is 5.69 Å². The number of Topliss-reactive ketones (excluding diaryl/α,β-unsaturated/α-hetero) is 1. The number of hydrogen-bond acceptors (Lipinski definition) is 9. The number of nitrogens with zero attached hydrogens (tertiary/aromatic N) is 4. The van der Waals surface area contributed by atoms with Crippen LogP contribution in [0.1, 0.15) is 10.4 Å². The van der Waals surface area contributed by atoms with Gasteiger partial charge in [-0.2, -0.15) is 4.31 Å². The highest BCUT2D eigenvalue weighted by Gasteiger charge is 2.31. The van der Waals surface area contributed by atoms with Gasteiger partial charge in [-0.15, -0.1) is 0 Å². The second kappa shape index (κ2) is 8.65. The molecule has 0 atom stereocenters. The van der Waals surface area contributed by atoms with Crippen molar-refractivity contribution in [1.29, 1.82) is 0 Å². The van der Waals surface area contributed by atoms with Gasteiger partial charge in [0, 0.05) is 46.3 Å². The van der Waals surface area contributed by atoms with Gasteiger partial charge in [0.05, 0.1) is 11.4 Å². The molecule has 3 heterocycles. The highest BCUT2D eigenvalue weighted by Crippen LogP contribution is 2.33. The summed E-state index contributed by atoms with van der Waals surface area (Å²) in [4.78, 5) is 39.0. The maximum Gasteiger partial charge on any atom is 0.332 e. The van der Waals surface area contributed by atoms with Crippen LogP contribution < -0.4 is 26.5 Å². The molecule has 0 saturated carbocycles. The molecule has 2 aliphatic rings. The molecule has 1 fully saturated rings. The molecule has 2 aliphatic heterocycles. The van der Waals surface area contributed by atoms with Crippen LogP contribution in [0.25, 0.3) is 0 Å². The SMILES string of the molecule is Cn1c(N)c(C(=O)CN2CCN(S(=O)(=O)c3ccc4c(c3)OCCO4)CC2)c(=O)n(C)c1=O. The lowest BCUT2D eigenvalue weighted by molar-refractivity contribution is 0.0899. The Morgan fingerprint density at radius 3 is 2.30 bits per heavy atom. The van der Waals surface area contributed by atoms with Crippen LogP contribution in [0.3, 0.4) is 0 Å². The maximum absolute atomic E-state index is 13.1. The summed E-state index contributed by atoms with van der Waals surface area (Å²) in [5, 5.41) is 0. The quantitative estimate of drug-likeness (QED) is 0.513. The first-order valence-corrected chi connectivity index (χ1v) is 11.8. The summed E-state index contributed by atoms with van der Waals surface area (Å²) < 4.78 is 40.3. The lowest BCUT2D eigenvalue weighted by Crippen LogP contribution is -2.50. The summed E-state index contributed by atoms with van der Waals surface area (Å²) in [6, 6.07) is 4.52. The molecular weight excluding hydrogens is 454 g/mol. The number of nitrogens with two attached hydrogens (primary N) is 1. The van der Waals surface area contributed by atoms with Crippen molar-refractivity contribution in [3.05, 3.63) is 44.6 Å². The molecule has 13 heteroatoms. The van der Waals surface area contributed by atoms with Gasteiger partial charge in [0.1, 0.15) is 24.6 Å². The molecule has 0 bridgehead atoms. The Morgan fingerprint density at radius 2 is 1.64 bits per heavy atom. The summed E-state index contributed by atoms with van der Waals surface area (Å²) >= 11 is 0. The van der Waals surface area contributed by atoms with E-state index in [0.717, 1.165) is 9.13 Å². The third kappa shape index (κ3) is 4.14. The van der Waals surface area contributed by atoms with Gasteiger partial charge < -0.3 is 15.2 Å². The van der Waals surface area contributed by atoms with Crippen LogP contribution in [-0.4, -0.2) is 78.5 Å². The average molecular weight is 480 g/mol. The van der Waals surface area contributed by atoms with Crippen molar-refractivity contribution >= 4 is 21.6 Å². The minimum Gasteiger partial charge on any atom is -0.486 e. The van der Waals surface area contributed by atoms with Crippen molar-refractivity contribution in [2.24, 2.45) is 14.1 Å². The third-order valence-corrected chi connectivity index (χ3v) is 7.73. The lowest BCUT2D eigenvalue weighted by Gasteiger charge is -2.33. The zero-order valence-electron chi connectivity index (χ0n) is 18.3. The Hall–Kier alpha value is -3.16. The fourth-order valence-electron chi connectivity index (χ4n) is 3.87. The smallest absolute Gasteiger partial charge is 0.332 e. The zero-order chi connectivity index (χ0) is 23.9. The van der Waals surface area contributed by atoms with Crippen molar-refractivity contribution in [1.82, 2.24) is 18.3 Å². The molecule has 12 nitrogen and oxygen atoms in total. The van der Waals surface area contributed by atoms with E-state index in [1.807, 2.05) is 0 Å². The molecular formula is C20H25N5O7S. The summed E-state index contributed by atoms with van der Waals surface area (Å²) in [7, 11) is -1.09. The number of ether oxygens (including phenoxy) is 2. The topological polar surface area (TPSA) is 146 Å². The van der Waals surface area contributed by atoms with Crippen LogP contribution in [0.2, 0.25) is 0 Å².